The van der Waals surface area contributed by atoms with Crippen molar-refractivity contribution in [3.05, 3.63) is 40.4 Å². The quantitative estimate of drug-likeness (QED) is 0.323. The molecule has 1 heterocycles. The number of nitrogens with one attached hydrogen (secondary N) is 1. The molecule has 0 saturated heterocycles. The predicted molar refractivity (Wildman–Crippen MR) is 96.4 cm³/mol. The fourth-order valence-corrected chi connectivity index (χ4v) is 2.42. The fraction of sp³-hybridized carbons (Fsp3) is 0.412. The number of ketones is 1. The summed E-state index contributed by atoms with van der Waals surface area (Å²) >= 11 is 5.05. The minimum atomic E-state index is -0.235. The van der Waals surface area contributed by atoms with E-state index in [-0.39, 0.29) is 5.78 Å². The summed E-state index contributed by atoms with van der Waals surface area (Å²) in [5.74, 6) is 0.934. The molecule has 128 valence electrons. The molecule has 0 unspecified atom stereocenters. The summed E-state index contributed by atoms with van der Waals surface area (Å²) in [6.45, 7) is 4.52. The Labute approximate surface area is 146 Å². The van der Waals surface area contributed by atoms with Crippen LogP contribution in [0.2, 0.25) is 0 Å². The zero-order valence-electron chi connectivity index (χ0n) is 14.0. The van der Waals surface area contributed by atoms with Crippen molar-refractivity contribution in [2.24, 2.45) is 5.10 Å². The van der Waals surface area contributed by atoms with Crippen molar-refractivity contribution in [2.75, 3.05) is 6.61 Å². The molecule has 0 aliphatic rings. The lowest BCUT2D eigenvalue weighted by Gasteiger charge is -2.09. The standard InChI is InChI=1S/C17H22N4O2S/c1-3-4-5-8-11-23-16-10-7-6-9-14(16)15(22)12-18-21-13(2)19-20-17(21)24/h6-7,9-10,12H,3-5,8,11H2,1-2H3,(H,20,24)/b18-12-. The highest BCUT2D eigenvalue weighted by molar-refractivity contribution is 7.71. The highest BCUT2D eigenvalue weighted by Gasteiger charge is 2.10. The third-order valence-electron chi connectivity index (χ3n) is 3.51. The number of para-hydroxylation sites is 1. The maximum atomic E-state index is 12.4. The van der Waals surface area contributed by atoms with Gasteiger partial charge in [0.1, 0.15) is 11.6 Å². The first-order chi connectivity index (χ1) is 11.6. The number of nitrogens with zero attached hydrogens (tertiary/aromatic N) is 3. The van der Waals surface area contributed by atoms with Gasteiger partial charge in [0.25, 0.3) is 0 Å². The van der Waals surface area contributed by atoms with Crippen molar-refractivity contribution in [2.45, 2.75) is 39.5 Å². The summed E-state index contributed by atoms with van der Waals surface area (Å²) in [4.78, 5) is 12.4. The summed E-state index contributed by atoms with van der Waals surface area (Å²) in [6, 6.07) is 7.19. The van der Waals surface area contributed by atoms with E-state index < -0.39 is 0 Å². The Hall–Kier alpha value is -2.28. The van der Waals surface area contributed by atoms with Crippen molar-refractivity contribution in [1.82, 2.24) is 14.9 Å². The van der Waals surface area contributed by atoms with Crippen LogP contribution in [0.25, 0.3) is 0 Å². The monoisotopic (exact) mass is 346 g/mol. The van der Waals surface area contributed by atoms with Crippen LogP contribution in [0.4, 0.5) is 0 Å². The van der Waals surface area contributed by atoms with Crippen LogP contribution < -0.4 is 4.74 Å². The Bertz CT molecular complexity index is 764. The van der Waals surface area contributed by atoms with Gasteiger partial charge in [-0.2, -0.15) is 14.9 Å². The van der Waals surface area contributed by atoms with Gasteiger partial charge in [0.2, 0.25) is 10.6 Å². The number of H-pyrrole nitrogens is 1. The molecule has 0 amide bonds. The van der Waals surface area contributed by atoms with Crippen LogP contribution in [0, 0.1) is 11.7 Å². The Kier molecular flexibility index (Phi) is 6.87. The number of carbonyl (C=O) groups excluding carboxylic acids is 1. The van der Waals surface area contributed by atoms with Crippen LogP contribution in [0.5, 0.6) is 5.75 Å². The zero-order valence-corrected chi connectivity index (χ0v) is 14.8. The molecule has 1 aromatic heterocycles. The van der Waals surface area contributed by atoms with Gasteiger partial charge in [0.05, 0.1) is 18.4 Å². The molecule has 0 atom stereocenters. The first-order valence-electron chi connectivity index (χ1n) is 8.08. The predicted octanol–water partition coefficient (Wildman–Crippen LogP) is 3.93. The number of carbonyl (C=O) groups is 1. The Morgan fingerprint density at radius 1 is 1.38 bits per heavy atom. The van der Waals surface area contributed by atoms with Crippen LogP contribution >= 0.6 is 12.2 Å². The molecule has 1 N–H and O–H groups in total. The van der Waals surface area contributed by atoms with E-state index in [2.05, 4.69) is 22.2 Å². The molecular formula is C17H22N4O2S. The van der Waals surface area contributed by atoms with Crippen molar-refractivity contribution >= 4 is 24.2 Å². The summed E-state index contributed by atoms with van der Waals surface area (Å²) < 4.78 is 7.51. The van der Waals surface area contributed by atoms with E-state index in [4.69, 9.17) is 17.0 Å². The second kappa shape index (κ2) is 9.12. The van der Waals surface area contributed by atoms with Gasteiger partial charge in [0, 0.05) is 0 Å². The lowest BCUT2D eigenvalue weighted by atomic mass is 10.1. The molecule has 24 heavy (non-hydrogen) atoms. The molecule has 7 heteroatoms. The van der Waals surface area contributed by atoms with E-state index in [1.54, 1.807) is 25.1 Å². The van der Waals surface area contributed by atoms with Crippen molar-refractivity contribution in [3.8, 4) is 5.75 Å². The van der Waals surface area contributed by atoms with Crippen molar-refractivity contribution in [3.63, 3.8) is 0 Å². The molecular weight excluding hydrogens is 324 g/mol. The molecule has 0 bridgehead atoms. The van der Waals surface area contributed by atoms with Gasteiger partial charge in [-0.25, -0.2) is 0 Å². The third-order valence-corrected chi connectivity index (χ3v) is 3.77. The first kappa shape index (κ1) is 18.1. The normalized spacial score (nSPS) is 11.1. The molecule has 0 saturated carbocycles. The maximum Gasteiger partial charge on any atom is 0.216 e. The van der Waals surface area contributed by atoms with Gasteiger partial charge >= 0.3 is 0 Å². The minimum absolute atomic E-state index is 0.235. The van der Waals surface area contributed by atoms with E-state index in [0.717, 1.165) is 12.8 Å². The fourth-order valence-electron chi connectivity index (χ4n) is 2.19. The molecule has 0 aliphatic carbocycles. The number of hydrogen-bond acceptors (Lipinski definition) is 5. The molecule has 0 spiro atoms. The highest BCUT2D eigenvalue weighted by atomic mass is 32.1. The summed E-state index contributed by atoms with van der Waals surface area (Å²) in [7, 11) is 0. The average Bonchev–Trinajstić information content (AvgIpc) is 2.91. The van der Waals surface area contributed by atoms with Gasteiger partial charge in [-0.05, 0) is 37.7 Å². The van der Waals surface area contributed by atoms with Gasteiger partial charge in [-0.1, -0.05) is 38.3 Å². The van der Waals surface area contributed by atoms with Crippen LogP contribution in [0.3, 0.4) is 0 Å². The van der Waals surface area contributed by atoms with Gasteiger partial charge in [-0.3, -0.25) is 9.89 Å². The molecule has 6 nitrogen and oxygen atoms in total. The maximum absolute atomic E-state index is 12.4. The van der Waals surface area contributed by atoms with E-state index >= 15 is 0 Å². The smallest absolute Gasteiger partial charge is 0.216 e. The number of ether oxygens (including phenoxy) is 1. The molecule has 2 aromatic rings. The highest BCUT2D eigenvalue weighted by Crippen LogP contribution is 2.18. The van der Waals surface area contributed by atoms with Gasteiger partial charge in [0.15, 0.2) is 0 Å². The number of aryl methyl sites for hydroxylation is 1. The van der Waals surface area contributed by atoms with E-state index in [9.17, 15) is 4.79 Å². The summed E-state index contributed by atoms with van der Waals surface area (Å²) in [5.41, 5.74) is 0.490. The second-order valence-electron chi connectivity index (χ2n) is 5.40. The Morgan fingerprint density at radius 2 is 2.17 bits per heavy atom. The average molecular weight is 346 g/mol. The molecule has 0 radical (unpaired) electrons. The van der Waals surface area contributed by atoms with Gasteiger partial charge < -0.3 is 4.74 Å². The number of aromatic amines is 1. The largest absolute Gasteiger partial charge is 0.493 e. The SMILES string of the molecule is CCCCCCOc1ccccc1C(=O)/C=N\n1c(C)n[nH]c1=S. The van der Waals surface area contributed by atoms with Crippen LogP contribution in [-0.2, 0) is 0 Å². The van der Waals surface area contributed by atoms with Crippen LogP contribution in [-0.4, -0.2) is 33.5 Å². The lowest BCUT2D eigenvalue weighted by molar-refractivity contribution is 0.106. The number of Topliss-reactive ketones (excluding diaryl/α,β-unsaturated/α-hetero) is 1. The number of hydrogen-bond donors (Lipinski definition) is 1. The van der Waals surface area contributed by atoms with Gasteiger partial charge in [-0.15, -0.1) is 0 Å². The molecule has 0 fully saturated rings. The second-order valence-corrected chi connectivity index (χ2v) is 5.79. The van der Waals surface area contributed by atoms with Crippen molar-refractivity contribution < 1.29 is 9.53 Å². The Balaban J connectivity index is 2.05. The molecule has 1 aromatic carbocycles. The number of aromatic nitrogens is 3. The van der Waals surface area contributed by atoms with Crippen LogP contribution in [0.1, 0.15) is 48.8 Å². The molecule has 2 rings (SSSR count). The van der Waals surface area contributed by atoms with Crippen LogP contribution in [0.15, 0.2) is 29.4 Å². The minimum Gasteiger partial charge on any atom is -0.493 e. The summed E-state index contributed by atoms with van der Waals surface area (Å²) in [5, 5.41) is 10.7. The third kappa shape index (κ3) is 4.86. The number of unbranched alkanes of at least 4 members (excludes halogenated alkanes) is 3. The summed E-state index contributed by atoms with van der Waals surface area (Å²) in [6.07, 6.45) is 5.72. The van der Waals surface area contributed by atoms with E-state index in [0.29, 0.717) is 28.5 Å². The van der Waals surface area contributed by atoms with E-state index in [1.807, 2.05) is 6.07 Å². The zero-order chi connectivity index (χ0) is 17.4. The number of benzene rings is 1. The first-order valence-corrected chi connectivity index (χ1v) is 8.49. The Morgan fingerprint density at radius 3 is 2.88 bits per heavy atom. The van der Waals surface area contributed by atoms with E-state index in [1.165, 1.54) is 23.7 Å². The topological polar surface area (TPSA) is 72.3 Å². The lowest BCUT2D eigenvalue weighted by Crippen LogP contribution is -2.07. The van der Waals surface area contributed by atoms with Crippen molar-refractivity contribution in [1.29, 1.82) is 0 Å². The number of rotatable bonds is 9. The molecule has 0 aliphatic heterocycles.